The summed E-state index contributed by atoms with van der Waals surface area (Å²) >= 11 is 0. The third-order valence-corrected chi connectivity index (χ3v) is 6.21. The number of hydrogen-bond acceptors (Lipinski definition) is 3. The molecule has 0 radical (unpaired) electrons. The normalized spacial score (nSPS) is 20.8. The van der Waals surface area contributed by atoms with Gasteiger partial charge in [-0.05, 0) is 70.7 Å². The summed E-state index contributed by atoms with van der Waals surface area (Å²) in [5.74, 6) is -2.75. The molecule has 0 aromatic heterocycles. The maximum absolute atomic E-state index is 13.3. The van der Waals surface area contributed by atoms with Crippen LogP contribution in [0.2, 0.25) is 0 Å². The number of nitrogens with one attached hydrogen (secondary N) is 2. The minimum Gasteiger partial charge on any atom is -0.363 e. The predicted octanol–water partition coefficient (Wildman–Crippen LogP) is 7.55. The van der Waals surface area contributed by atoms with E-state index in [1.54, 1.807) is 12.3 Å². The third-order valence-electron chi connectivity index (χ3n) is 6.21. The summed E-state index contributed by atoms with van der Waals surface area (Å²) in [7, 11) is 0. The van der Waals surface area contributed by atoms with Gasteiger partial charge in [0.05, 0.1) is 0 Å². The van der Waals surface area contributed by atoms with Crippen LogP contribution in [0.4, 0.5) is 8.78 Å². The molecule has 2 N–H and O–H groups in total. The molecule has 2 aliphatic carbocycles. The Hall–Kier alpha value is -2.43. The molecular weight excluding hydrogens is 404 g/mol. The molecule has 5 heteroatoms. The molecule has 0 atom stereocenters. The monoisotopic (exact) mass is 443 g/mol. The molecule has 0 aliphatic heterocycles. The van der Waals surface area contributed by atoms with Gasteiger partial charge in [-0.15, -0.1) is 0 Å². The average Bonchev–Trinajstić information content (AvgIpc) is 3.61. The van der Waals surface area contributed by atoms with E-state index in [1.807, 2.05) is 19.9 Å². The van der Waals surface area contributed by atoms with Gasteiger partial charge in [-0.3, -0.25) is 4.99 Å². The van der Waals surface area contributed by atoms with Crippen LogP contribution >= 0.6 is 0 Å². The van der Waals surface area contributed by atoms with Crippen LogP contribution in [-0.2, 0) is 0 Å². The van der Waals surface area contributed by atoms with Crippen LogP contribution in [0.5, 0.6) is 0 Å². The smallest absolute Gasteiger partial charge is 0.249 e. The first-order valence-corrected chi connectivity index (χ1v) is 11.5. The lowest BCUT2D eigenvalue weighted by Gasteiger charge is -2.24. The van der Waals surface area contributed by atoms with Crippen LogP contribution in [0.25, 0.3) is 0 Å². The minimum atomic E-state index is -2.75. The van der Waals surface area contributed by atoms with Crippen LogP contribution in [0, 0.1) is 10.8 Å². The second-order valence-electron chi connectivity index (χ2n) is 9.47. The summed E-state index contributed by atoms with van der Waals surface area (Å²) < 4.78 is 26.6. The van der Waals surface area contributed by atoms with E-state index in [1.165, 1.54) is 0 Å². The Morgan fingerprint density at radius 2 is 1.81 bits per heavy atom. The van der Waals surface area contributed by atoms with Gasteiger partial charge in [0.1, 0.15) is 0 Å². The van der Waals surface area contributed by atoms with Crippen molar-refractivity contribution < 1.29 is 8.78 Å². The lowest BCUT2D eigenvalue weighted by molar-refractivity contribution is 0.0236. The second kappa shape index (κ2) is 10.5. The Bertz CT molecular complexity index is 858. The van der Waals surface area contributed by atoms with Crippen molar-refractivity contribution in [1.82, 2.24) is 10.6 Å². The average molecular weight is 444 g/mol. The van der Waals surface area contributed by atoms with Gasteiger partial charge in [0.2, 0.25) is 5.92 Å². The summed E-state index contributed by atoms with van der Waals surface area (Å²) in [5.41, 5.74) is 4.87. The van der Waals surface area contributed by atoms with E-state index in [0.717, 1.165) is 61.7 Å². The Labute approximate surface area is 192 Å². The molecule has 0 saturated heterocycles. The molecule has 0 heterocycles. The largest absolute Gasteiger partial charge is 0.363 e. The van der Waals surface area contributed by atoms with Crippen molar-refractivity contribution in [3.05, 3.63) is 71.5 Å². The SMILES string of the molecule is C=N/C=C(\C)N/C(=C\N/C(=C/CC)C1(C(/C=C\C(=C)CC(C)(F)F)=C/C)CC1)C1(C)CC1. The lowest BCUT2D eigenvalue weighted by atomic mass is 9.89. The summed E-state index contributed by atoms with van der Waals surface area (Å²) in [4.78, 5) is 3.85. The molecule has 2 saturated carbocycles. The van der Waals surface area contributed by atoms with Gasteiger partial charge in [0, 0.05) is 46.7 Å². The quantitative estimate of drug-likeness (QED) is 0.228. The molecule has 2 rings (SSSR count). The number of aliphatic imine (C=N–C) groups is 1. The first-order chi connectivity index (χ1) is 15.0. The fourth-order valence-electron chi connectivity index (χ4n) is 3.98. The van der Waals surface area contributed by atoms with E-state index < -0.39 is 5.92 Å². The van der Waals surface area contributed by atoms with Crippen LogP contribution < -0.4 is 10.6 Å². The van der Waals surface area contributed by atoms with Crippen LogP contribution in [-0.4, -0.2) is 12.6 Å². The number of rotatable bonds is 13. The highest BCUT2D eigenvalue weighted by molar-refractivity contribution is 5.44. The summed E-state index contributed by atoms with van der Waals surface area (Å²) in [5, 5.41) is 7.09. The fourth-order valence-corrected chi connectivity index (χ4v) is 3.98. The fraction of sp³-hybridized carbons (Fsp3) is 0.519. The Kier molecular flexibility index (Phi) is 8.44. The Balaban J connectivity index is 2.24. The van der Waals surface area contributed by atoms with Gasteiger partial charge >= 0.3 is 0 Å². The minimum absolute atomic E-state index is 0.101. The highest BCUT2D eigenvalue weighted by atomic mass is 19.3. The lowest BCUT2D eigenvalue weighted by Crippen LogP contribution is -2.24. The van der Waals surface area contributed by atoms with Gasteiger partial charge in [-0.25, -0.2) is 8.78 Å². The Morgan fingerprint density at radius 1 is 1.16 bits per heavy atom. The first kappa shape index (κ1) is 25.8. The van der Waals surface area contributed by atoms with Crippen molar-refractivity contribution in [2.24, 2.45) is 15.8 Å². The topological polar surface area (TPSA) is 36.4 Å². The molecule has 176 valence electrons. The maximum atomic E-state index is 13.3. The van der Waals surface area contributed by atoms with Crippen LogP contribution in [0.15, 0.2) is 76.5 Å². The van der Waals surface area contributed by atoms with E-state index in [-0.39, 0.29) is 17.3 Å². The molecule has 3 nitrogen and oxygen atoms in total. The van der Waals surface area contributed by atoms with Crippen molar-refractivity contribution in [3.8, 4) is 0 Å². The molecule has 0 bridgehead atoms. The van der Waals surface area contributed by atoms with Gasteiger partial charge < -0.3 is 10.6 Å². The number of nitrogens with zero attached hydrogens (tertiary/aromatic N) is 1. The standard InChI is InChI=1S/C27H39F2N3/c1-8-10-23(31-19-24(25(5)13-14-25)32-21(4)18-30-7)27(15-16-27)22(9-2)12-11-20(3)17-26(6,28)29/h9-12,18-19,31-32H,3,7-8,13-17H2,1-2,4-6H3/b12-11-,21-18+,22-9+,23-10+,24-19-. The highest BCUT2D eigenvalue weighted by Gasteiger charge is 2.48. The zero-order chi connectivity index (χ0) is 24.0. The van der Waals surface area contributed by atoms with E-state index in [0.29, 0.717) is 5.57 Å². The van der Waals surface area contributed by atoms with Crippen LogP contribution in [0.1, 0.15) is 73.1 Å². The summed E-state index contributed by atoms with van der Waals surface area (Å²) in [6.07, 6.45) is 16.7. The number of halogens is 2. The van der Waals surface area contributed by atoms with Gasteiger partial charge in [-0.2, -0.15) is 0 Å². The zero-order valence-electron chi connectivity index (χ0n) is 20.3. The predicted molar refractivity (Wildman–Crippen MR) is 132 cm³/mol. The molecule has 0 spiro atoms. The van der Waals surface area contributed by atoms with Crippen molar-refractivity contribution in [1.29, 1.82) is 0 Å². The first-order valence-electron chi connectivity index (χ1n) is 11.5. The highest BCUT2D eigenvalue weighted by Crippen LogP contribution is 2.57. The van der Waals surface area contributed by atoms with Gasteiger partial charge in [0.25, 0.3) is 0 Å². The van der Waals surface area contributed by atoms with E-state index in [9.17, 15) is 8.78 Å². The molecule has 0 amide bonds. The van der Waals surface area contributed by atoms with Crippen LogP contribution in [0.3, 0.4) is 0 Å². The van der Waals surface area contributed by atoms with Crippen molar-refractivity contribution in [2.45, 2.75) is 79.1 Å². The maximum Gasteiger partial charge on any atom is 0.249 e. The third kappa shape index (κ3) is 7.04. The molecule has 0 unspecified atom stereocenters. The second-order valence-corrected chi connectivity index (χ2v) is 9.47. The number of allylic oxidation sites excluding steroid dienone is 8. The molecular formula is C27H39F2N3. The summed E-state index contributed by atoms with van der Waals surface area (Å²) in [6.45, 7) is 16.6. The van der Waals surface area contributed by atoms with E-state index >= 15 is 0 Å². The van der Waals surface area contributed by atoms with Gasteiger partial charge in [0.15, 0.2) is 0 Å². The molecule has 0 aromatic rings. The molecule has 2 fully saturated rings. The molecule has 2 aliphatic rings. The van der Waals surface area contributed by atoms with E-state index in [2.05, 4.69) is 61.1 Å². The summed E-state index contributed by atoms with van der Waals surface area (Å²) in [6, 6.07) is 0. The number of hydrogen-bond donors (Lipinski definition) is 2. The van der Waals surface area contributed by atoms with Crippen molar-refractivity contribution in [2.75, 3.05) is 0 Å². The molecule has 32 heavy (non-hydrogen) atoms. The molecule has 0 aromatic carbocycles. The van der Waals surface area contributed by atoms with Crippen molar-refractivity contribution in [3.63, 3.8) is 0 Å². The van der Waals surface area contributed by atoms with Crippen molar-refractivity contribution >= 4 is 6.72 Å². The zero-order valence-corrected chi connectivity index (χ0v) is 20.3. The Morgan fingerprint density at radius 3 is 2.28 bits per heavy atom. The van der Waals surface area contributed by atoms with Gasteiger partial charge in [-0.1, -0.05) is 44.7 Å². The number of alkyl halides is 2. The van der Waals surface area contributed by atoms with E-state index in [4.69, 9.17) is 0 Å².